The first-order valence-corrected chi connectivity index (χ1v) is 3.76. The summed E-state index contributed by atoms with van der Waals surface area (Å²) in [6.07, 6.45) is -0.393. The minimum Gasteiger partial charge on any atom is -0.493 e. The third-order valence-electron chi connectivity index (χ3n) is 1.48. The molecule has 0 saturated heterocycles. The predicted molar refractivity (Wildman–Crippen MR) is 47.1 cm³/mol. The Bertz CT molecular complexity index is 464. The van der Waals surface area contributed by atoms with Gasteiger partial charge < -0.3 is 20.4 Å². The number of hydrogen-bond acceptors (Lipinski definition) is 6. The van der Waals surface area contributed by atoms with Crippen molar-refractivity contribution in [1.29, 1.82) is 0 Å². The second-order valence-corrected chi connectivity index (χ2v) is 2.58. The Morgan fingerprint density at radius 2 is 2.27 bits per heavy atom. The van der Waals surface area contributed by atoms with Crippen LogP contribution in [0.5, 0.6) is 5.88 Å². The van der Waals surface area contributed by atoms with Crippen molar-refractivity contribution in [1.82, 2.24) is 9.97 Å². The van der Waals surface area contributed by atoms with Gasteiger partial charge in [-0.15, -0.1) is 0 Å². The van der Waals surface area contributed by atoms with Gasteiger partial charge in [-0.05, 0) is 0 Å². The summed E-state index contributed by atoms with van der Waals surface area (Å²) < 4.78 is 0. The number of nitrogens with one attached hydrogen (secondary N) is 1. The smallest absolute Gasteiger partial charge is 0.354 e. The van der Waals surface area contributed by atoms with Gasteiger partial charge in [0.05, 0.1) is 12.5 Å². The lowest BCUT2D eigenvalue weighted by Crippen LogP contribution is -2.19. The molecule has 0 aliphatic heterocycles. The van der Waals surface area contributed by atoms with E-state index in [1.807, 2.05) is 0 Å². The van der Waals surface area contributed by atoms with Crippen LogP contribution in [0.25, 0.3) is 0 Å². The van der Waals surface area contributed by atoms with E-state index in [1.165, 1.54) is 0 Å². The van der Waals surface area contributed by atoms with Crippen molar-refractivity contribution in [3.8, 4) is 5.88 Å². The van der Waals surface area contributed by atoms with Crippen LogP contribution >= 0.6 is 0 Å². The van der Waals surface area contributed by atoms with Crippen molar-refractivity contribution in [3.63, 3.8) is 0 Å². The maximum absolute atomic E-state index is 10.8. The minimum atomic E-state index is -1.44. The zero-order chi connectivity index (χ0) is 11.4. The first kappa shape index (κ1) is 10.7. The van der Waals surface area contributed by atoms with Crippen molar-refractivity contribution in [3.05, 3.63) is 22.2 Å². The molecule has 0 atom stereocenters. The van der Waals surface area contributed by atoms with E-state index in [1.54, 1.807) is 0 Å². The van der Waals surface area contributed by atoms with Gasteiger partial charge in [-0.2, -0.15) is 4.98 Å². The third kappa shape index (κ3) is 2.79. The number of aromatic hydroxyl groups is 1. The van der Waals surface area contributed by atoms with E-state index in [0.29, 0.717) is 0 Å². The Hall–Kier alpha value is -2.38. The molecule has 0 saturated carbocycles. The van der Waals surface area contributed by atoms with E-state index in [2.05, 4.69) is 15.1 Å². The molecule has 0 radical (unpaired) electrons. The van der Waals surface area contributed by atoms with Crippen molar-refractivity contribution in [2.75, 3.05) is 0 Å². The van der Waals surface area contributed by atoms with Crippen molar-refractivity contribution in [2.45, 2.75) is 6.42 Å². The number of carboxylic acid groups (broad SMARTS) is 1. The van der Waals surface area contributed by atoms with Gasteiger partial charge in [0.2, 0.25) is 5.88 Å². The standard InChI is InChI=1S/C7H7N3O5/c11-5-2-6(12)9-4(8-5)1-3(10-15)7(13)14/h2,15H,1H2,(H,13,14)(H2,8,9,11,12)/b10-3-. The molecule has 0 spiro atoms. The summed E-state index contributed by atoms with van der Waals surface area (Å²) in [6.45, 7) is 0. The van der Waals surface area contributed by atoms with Crippen LogP contribution in [0.2, 0.25) is 0 Å². The second kappa shape index (κ2) is 4.22. The summed E-state index contributed by atoms with van der Waals surface area (Å²) in [4.78, 5) is 26.9. The average Bonchev–Trinajstić information content (AvgIpc) is 2.12. The summed E-state index contributed by atoms with van der Waals surface area (Å²) >= 11 is 0. The first-order chi connectivity index (χ1) is 7.02. The highest BCUT2D eigenvalue weighted by atomic mass is 16.4. The number of oxime groups is 1. The predicted octanol–water partition coefficient (Wildman–Crippen LogP) is -1.07. The molecule has 0 unspecified atom stereocenters. The summed E-state index contributed by atoms with van der Waals surface area (Å²) in [5, 5.41) is 28.3. The topological polar surface area (TPSA) is 136 Å². The van der Waals surface area contributed by atoms with Crippen LogP contribution in [-0.2, 0) is 11.2 Å². The van der Waals surface area contributed by atoms with Crippen LogP contribution in [-0.4, -0.2) is 37.1 Å². The number of carboxylic acids is 1. The van der Waals surface area contributed by atoms with Crippen LogP contribution in [0.1, 0.15) is 5.82 Å². The Morgan fingerprint density at radius 1 is 1.60 bits per heavy atom. The van der Waals surface area contributed by atoms with Crippen molar-refractivity contribution in [2.24, 2.45) is 5.16 Å². The molecule has 80 valence electrons. The molecule has 0 bridgehead atoms. The Labute approximate surface area is 82.5 Å². The normalized spacial score (nSPS) is 11.3. The van der Waals surface area contributed by atoms with Gasteiger partial charge >= 0.3 is 5.97 Å². The van der Waals surface area contributed by atoms with E-state index in [4.69, 9.17) is 15.4 Å². The Kier molecular flexibility index (Phi) is 3.01. The molecule has 1 heterocycles. The molecule has 8 nitrogen and oxygen atoms in total. The number of H-pyrrole nitrogens is 1. The zero-order valence-corrected chi connectivity index (χ0v) is 7.34. The van der Waals surface area contributed by atoms with Gasteiger partial charge in [0.1, 0.15) is 5.82 Å². The lowest BCUT2D eigenvalue weighted by atomic mass is 10.2. The van der Waals surface area contributed by atoms with Crippen LogP contribution in [0.3, 0.4) is 0 Å². The molecule has 1 aromatic heterocycles. The molecule has 0 aliphatic carbocycles. The Morgan fingerprint density at radius 3 is 2.73 bits per heavy atom. The van der Waals surface area contributed by atoms with E-state index in [9.17, 15) is 9.59 Å². The monoisotopic (exact) mass is 213 g/mol. The maximum Gasteiger partial charge on any atom is 0.354 e. The van der Waals surface area contributed by atoms with Gasteiger partial charge in [-0.25, -0.2) is 4.79 Å². The average molecular weight is 213 g/mol. The molecule has 8 heteroatoms. The van der Waals surface area contributed by atoms with Gasteiger partial charge in [-0.1, -0.05) is 5.16 Å². The molecule has 1 rings (SSSR count). The fraction of sp³-hybridized carbons (Fsp3) is 0.143. The van der Waals surface area contributed by atoms with Crippen molar-refractivity contribution < 1.29 is 20.2 Å². The molecular weight excluding hydrogens is 206 g/mol. The number of aliphatic carboxylic acids is 1. The number of nitrogens with zero attached hydrogens (tertiary/aromatic N) is 2. The lowest BCUT2D eigenvalue weighted by Gasteiger charge is -1.99. The Balaban J connectivity index is 2.99. The molecule has 1 aromatic rings. The zero-order valence-electron chi connectivity index (χ0n) is 7.34. The third-order valence-corrected chi connectivity index (χ3v) is 1.48. The number of carbonyl (C=O) groups is 1. The van der Waals surface area contributed by atoms with Crippen LogP contribution in [0.15, 0.2) is 16.0 Å². The molecular formula is C7H7N3O5. The molecule has 0 amide bonds. The van der Waals surface area contributed by atoms with Gasteiger partial charge in [0.15, 0.2) is 5.71 Å². The van der Waals surface area contributed by atoms with Gasteiger partial charge in [0, 0.05) is 0 Å². The summed E-state index contributed by atoms with van der Waals surface area (Å²) in [5.41, 5.74) is -1.22. The largest absolute Gasteiger partial charge is 0.493 e. The highest BCUT2D eigenvalue weighted by Crippen LogP contribution is 1.99. The quantitative estimate of drug-likeness (QED) is 0.287. The van der Waals surface area contributed by atoms with E-state index < -0.39 is 29.5 Å². The molecule has 0 fully saturated rings. The highest BCUT2D eigenvalue weighted by Gasteiger charge is 2.13. The maximum atomic E-state index is 10.8. The minimum absolute atomic E-state index is 0.102. The summed E-state index contributed by atoms with van der Waals surface area (Å²) in [6, 6.07) is 0.833. The molecule has 0 aromatic carbocycles. The van der Waals surface area contributed by atoms with E-state index >= 15 is 0 Å². The summed E-state index contributed by atoms with van der Waals surface area (Å²) in [5.74, 6) is -2.07. The van der Waals surface area contributed by atoms with Gasteiger partial charge in [-0.3, -0.25) is 4.79 Å². The molecule has 0 aliphatic rings. The number of hydrogen-bond donors (Lipinski definition) is 4. The van der Waals surface area contributed by atoms with E-state index in [-0.39, 0.29) is 5.82 Å². The lowest BCUT2D eigenvalue weighted by molar-refractivity contribution is -0.129. The first-order valence-electron chi connectivity index (χ1n) is 3.76. The van der Waals surface area contributed by atoms with Gasteiger partial charge in [0.25, 0.3) is 5.56 Å². The molecule has 15 heavy (non-hydrogen) atoms. The van der Waals surface area contributed by atoms with Crippen molar-refractivity contribution >= 4 is 11.7 Å². The number of aromatic amines is 1. The van der Waals surface area contributed by atoms with Crippen LogP contribution < -0.4 is 5.56 Å². The fourth-order valence-corrected chi connectivity index (χ4v) is 0.890. The van der Waals surface area contributed by atoms with E-state index in [0.717, 1.165) is 6.07 Å². The second-order valence-electron chi connectivity index (χ2n) is 2.58. The highest BCUT2D eigenvalue weighted by molar-refractivity contribution is 6.35. The van der Waals surface area contributed by atoms with Crippen LogP contribution in [0, 0.1) is 0 Å². The number of aromatic nitrogens is 2. The number of rotatable bonds is 3. The summed E-state index contributed by atoms with van der Waals surface area (Å²) in [7, 11) is 0. The fourth-order valence-electron chi connectivity index (χ4n) is 0.890. The SMILES string of the molecule is O=C(O)/C(Cc1nc(O)cc(=O)[nH]1)=N\O. The van der Waals surface area contributed by atoms with Crippen LogP contribution in [0.4, 0.5) is 0 Å². The molecule has 4 N–H and O–H groups in total.